The Kier molecular flexibility index (Phi) is 6.50. The van der Waals surface area contributed by atoms with Gasteiger partial charge in [-0.3, -0.25) is 14.4 Å². The number of ketones is 1. The van der Waals surface area contributed by atoms with E-state index in [4.69, 9.17) is 4.74 Å². The Balaban J connectivity index is 1.88. The predicted molar refractivity (Wildman–Crippen MR) is 104 cm³/mol. The molecule has 142 valence electrons. The number of carbonyl (C=O) groups is 3. The lowest BCUT2D eigenvalue weighted by Crippen LogP contribution is -2.31. The van der Waals surface area contributed by atoms with Crippen LogP contribution in [0.1, 0.15) is 48.5 Å². The van der Waals surface area contributed by atoms with E-state index in [0.717, 1.165) is 27.8 Å². The molecule has 0 saturated carbocycles. The van der Waals surface area contributed by atoms with E-state index >= 15 is 0 Å². The first-order chi connectivity index (χ1) is 12.7. The first-order valence-electron chi connectivity index (χ1n) is 8.81. The molecule has 2 rings (SSSR count). The molecule has 0 aliphatic heterocycles. The molecule has 1 amide bonds. The molecule has 0 aliphatic carbocycles. The number of Topliss-reactive ketones (excluding diaryl/α,β-unsaturated/α-hetero) is 1. The summed E-state index contributed by atoms with van der Waals surface area (Å²) in [4.78, 5) is 36.3. The van der Waals surface area contributed by atoms with E-state index in [1.54, 1.807) is 12.1 Å². The number of nitrogens with one attached hydrogen (secondary N) is 1. The summed E-state index contributed by atoms with van der Waals surface area (Å²) in [6.07, 6.45) is 0. The van der Waals surface area contributed by atoms with Crippen molar-refractivity contribution in [2.24, 2.45) is 0 Å². The average Bonchev–Trinajstić information content (AvgIpc) is 2.59. The van der Waals surface area contributed by atoms with Gasteiger partial charge in [0.1, 0.15) is 6.54 Å². The monoisotopic (exact) mass is 367 g/mol. The van der Waals surface area contributed by atoms with Crippen LogP contribution in [-0.4, -0.2) is 30.8 Å². The fraction of sp³-hybridized carbons (Fsp3) is 0.318. The molecule has 0 saturated heterocycles. The number of benzene rings is 2. The van der Waals surface area contributed by atoms with Gasteiger partial charge in [-0.25, -0.2) is 0 Å². The summed E-state index contributed by atoms with van der Waals surface area (Å²) in [5.41, 5.74) is 5.94. The van der Waals surface area contributed by atoms with Crippen molar-refractivity contribution in [3.05, 3.63) is 69.3 Å². The lowest BCUT2D eigenvalue weighted by Gasteiger charge is -2.11. The number of aryl methyl sites for hydroxylation is 5. The Labute approximate surface area is 159 Å². The molecule has 0 aromatic heterocycles. The third-order valence-corrected chi connectivity index (χ3v) is 4.48. The van der Waals surface area contributed by atoms with Crippen LogP contribution < -0.4 is 5.32 Å². The van der Waals surface area contributed by atoms with Crippen molar-refractivity contribution < 1.29 is 19.1 Å². The van der Waals surface area contributed by atoms with E-state index in [1.807, 2.05) is 52.8 Å². The minimum atomic E-state index is -0.650. The number of hydrogen-bond donors (Lipinski definition) is 1. The molecule has 2 aromatic rings. The van der Waals surface area contributed by atoms with Gasteiger partial charge in [-0.1, -0.05) is 23.8 Å². The van der Waals surface area contributed by atoms with Crippen LogP contribution in [0.15, 0.2) is 30.3 Å². The van der Waals surface area contributed by atoms with E-state index in [1.165, 1.54) is 0 Å². The van der Waals surface area contributed by atoms with E-state index in [0.29, 0.717) is 11.1 Å². The standard InChI is InChI=1S/C22H25NO4/c1-13-8-16(4)21(17(5)9-13)19(24)12-27-20(25)11-23-22(26)18-7-6-14(2)15(3)10-18/h6-10H,11-12H2,1-5H3,(H,23,26). The van der Waals surface area contributed by atoms with Crippen LogP contribution in [0, 0.1) is 34.6 Å². The Morgan fingerprint density at radius 2 is 1.48 bits per heavy atom. The Morgan fingerprint density at radius 1 is 0.852 bits per heavy atom. The maximum atomic E-state index is 12.4. The van der Waals surface area contributed by atoms with Crippen molar-refractivity contribution in [2.45, 2.75) is 34.6 Å². The van der Waals surface area contributed by atoms with E-state index in [2.05, 4.69) is 5.32 Å². The minimum Gasteiger partial charge on any atom is -0.456 e. The van der Waals surface area contributed by atoms with Gasteiger partial charge in [0.15, 0.2) is 6.61 Å². The van der Waals surface area contributed by atoms with Crippen LogP contribution in [-0.2, 0) is 9.53 Å². The number of esters is 1. The summed E-state index contributed by atoms with van der Waals surface area (Å²) < 4.78 is 5.02. The molecule has 27 heavy (non-hydrogen) atoms. The van der Waals surface area contributed by atoms with Gasteiger partial charge in [-0.2, -0.15) is 0 Å². The quantitative estimate of drug-likeness (QED) is 0.627. The second kappa shape index (κ2) is 8.62. The van der Waals surface area contributed by atoms with E-state index < -0.39 is 5.97 Å². The predicted octanol–water partition coefficient (Wildman–Crippen LogP) is 3.38. The highest BCUT2D eigenvalue weighted by molar-refractivity contribution is 6.01. The van der Waals surface area contributed by atoms with Crippen LogP contribution in [0.5, 0.6) is 0 Å². The third-order valence-electron chi connectivity index (χ3n) is 4.48. The zero-order valence-corrected chi connectivity index (χ0v) is 16.4. The normalized spacial score (nSPS) is 10.4. The maximum Gasteiger partial charge on any atom is 0.325 e. The van der Waals surface area contributed by atoms with Gasteiger partial charge in [-0.05, 0) is 69.0 Å². The van der Waals surface area contributed by atoms with Crippen LogP contribution >= 0.6 is 0 Å². The molecule has 0 fully saturated rings. The SMILES string of the molecule is Cc1cc(C)c(C(=O)COC(=O)CNC(=O)c2ccc(C)c(C)c2)c(C)c1. The van der Waals surface area contributed by atoms with E-state index in [-0.39, 0.29) is 24.8 Å². The number of rotatable bonds is 6. The second-order valence-electron chi connectivity index (χ2n) is 6.84. The summed E-state index contributed by atoms with van der Waals surface area (Å²) in [5, 5.41) is 2.51. The molecular formula is C22H25NO4. The molecule has 2 aromatic carbocycles. The average molecular weight is 367 g/mol. The number of carbonyl (C=O) groups excluding carboxylic acids is 3. The Morgan fingerprint density at radius 3 is 2.07 bits per heavy atom. The first kappa shape index (κ1) is 20.4. The molecule has 1 N–H and O–H groups in total. The summed E-state index contributed by atoms with van der Waals surface area (Å²) in [7, 11) is 0. The molecule has 0 heterocycles. The molecule has 0 aliphatic rings. The van der Waals surface area contributed by atoms with Gasteiger partial charge in [0.2, 0.25) is 5.78 Å². The van der Waals surface area contributed by atoms with Crippen molar-refractivity contribution in [3.63, 3.8) is 0 Å². The largest absolute Gasteiger partial charge is 0.456 e. The van der Waals surface area contributed by atoms with Crippen molar-refractivity contribution in [1.29, 1.82) is 0 Å². The molecule has 0 unspecified atom stereocenters. The smallest absolute Gasteiger partial charge is 0.325 e. The molecule has 0 radical (unpaired) electrons. The second-order valence-corrected chi connectivity index (χ2v) is 6.84. The Hall–Kier alpha value is -2.95. The molecule has 0 spiro atoms. The summed E-state index contributed by atoms with van der Waals surface area (Å²) in [6, 6.07) is 9.17. The molecule has 5 heteroatoms. The van der Waals surface area contributed by atoms with Gasteiger partial charge < -0.3 is 10.1 Å². The number of amides is 1. The van der Waals surface area contributed by atoms with Crippen LogP contribution in [0.4, 0.5) is 0 Å². The van der Waals surface area contributed by atoms with Gasteiger partial charge in [-0.15, -0.1) is 0 Å². The molecule has 0 atom stereocenters. The van der Waals surface area contributed by atoms with Crippen LogP contribution in [0.3, 0.4) is 0 Å². The lowest BCUT2D eigenvalue weighted by atomic mass is 9.97. The van der Waals surface area contributed by atoms with Crippen molar-refractivity contribution in [2.75, 3.05) is 13.2 Å². The number of ether oxygens (including phenoxy) is 1. The highest BCUT2D eigenvalue weighted by Gasteiger charge is 2.16. The van der Waals surface area contributed by atoms with Gasteiger partial charge in [0.25, 0.3) is 5.91 Å². The zero-order chi connectivity index (χ0) is 20.1. The van der Waals surface area contributed by atoms with Gasteiger partial charge in [0, 0.05) is 11.1 Å². The fourth-order valence-corrected chi connectivity index (χ4v) is 3.03. The summed E-state index contributed by atoms with van der Waals surface area (Å²) in [5.74, 6) is -1.26. The van der Waals surface area contributed by atoms with Gasteiger partial charge >= 0.3 is 5.97 Å². The van der Waals surface area contributed by atoms with Crippen LogP contribution in [0.25, 0.3) is 0 Å². The minimum absolute atomic E-state index is 0.251. The Bertz CT molecular complexity index is 876. The summed E-state index contributed by atoms with van der Waals surface area (Å²) >= 11 is 0. The van der Waals surface area contributed by atoms with Crippen molar-refractivity contribution in [1.82, 2.24) is 5.32 Å². The topological polar surface area (TPSA) is 72.5 Å². The summed E-state index contributed by atoms with van der Waals surface area (Å²) in [6.45, 7) is 8.93. The highest BCUT2D eigenvalue weighted by atomic mass is 16.5. The lowest BCUT2D eigenvalue weighted by molar-refractivity contribution is -0.141. The van der Waals surface area contributed by atoms with Crippen molar-refractivity contribution >= 4 is 17.7 Å². The molecule has 0 bridgehead atoms. The van der Waals surface area contributed by atoms with Crippen LogP contribution in [0.2, 0.25) is 0 Å². The first-order valence-corrected chi connectivity index (χ1v) is 8.81. The number of hydrogen-bond acceptors (Lipinski definition) is 4. The fourth-order valence-electron chi connectivity index (χ4n) is 3.03. The van der Waals surface area contributed by atoms with E-state index in [9.17, 15) is 14.4 Å². The highest BCUT2D eigenvalue weighted by Crippen LogP contribution is 2.17. The molecule has 5 nitrogen and oxygen atoms in total. The van der Waals surface area contributed by atoms with Crippen molar-refractivity contribution in [3.8, 4) is 0 Å². The molecular weight excluding hydrogens is 342 g/mol. The zero-order valence-electron chi connectivity index (χ0n) is 16.4. The maximum absolute atomic E-state index is 12.4. The van der Waals surface area contributed by atoms with Gasteiger partial charge in [0.05, 0.1) is 0 Å². The third kappa shape index (κ3) is 5.26.